The van der Waals surface area contributed by atoms with Crippen molar-refractivity contribution in [3.8, 4) is 11.5 Å². The van der Waals surface area contributed by atoms with Gasteiger partial charge in [0.05, 0.1) is 0 Å². The Balaban J connectivity index is 1.99. The third kappa shape index (κ3) is 2.26. The van der Waals surface area contributed by atoms with E-state index in [4.69, 9.17) is 9.47 Å². The van der Waals surface area contributed by atoms with Crippen molar-refractivity contribution in [2.45, 2.75) is 6.92 Å². The van der Waals surface area contributed by atoms with Gasteiger partial charge in [-0.3, -0.25) is 0 Å². The zero-order chi connectivity index (χ0) is 13.4. The van der Waals surface area contributed by atoms with Crippen LogP contribution in [0, 0.1) is 6.92 Å². The summed E-state index contributed by atoms with van der Waals surface area (Å²) in [5, 5.41) is 0. The van der Waals surface area contributed by atoms with Crippen molar-refractivity contribution in [1.29, 1.82) is 0 Å². The molecule has 0 spiro atoms. The molecule has 3 rings (SSSR count). The van der Waals surface area contributed by atoms with Crippen LogP contribution in [0.4, 0.5) is 11.5 Å². The van der Waals surface area contributed by atoms with Crippen molar-refractivity contribution in [3.05, 3.63) is 40.5 Å². The van der Waals surface area contributed by atoms with Crippen molar-refractivity contribution >= 4 is 27.4 Å². The number of fused-ring (bicyclic) bond motifs is 1. The molecular formula is C14H13BrN2O2. The first kappa shape index (κ1) is 12.3. The van der Waals surface area contributed by atoms with Gasteiger partial charge in [-0.1, -0.05) is 0 Å². The molecule has 1 aliphatic heterocycles. The van der Waals surface area contributed by atoms with Crippen LogP contribution in [0.2, 0.25) is 0 Å². The number of ether oxygens (including phenoxy) is 2. The SMILES string of the molecule is Cc1cc2c(cc1N(C)c1ccc(Br)cn1)OCO2. The van der Waals surface area contributed by atoms with Gasteiger partial charge in [-0.2, -0.15) is 0 Å². The fourth-order valence-electron chi connectivity index (χ4n) is 2.08. The largest absolute Gasteiger partial charge is 0.454 e. The minimum Gasteiger partial charge on any atom is -0.454 e. The van der Waals surface area contributed by atoms with E-state index in [9.17, 15) is 0 Å². The van der Waals surface area contributed by atoms with Crippen LogP contribution in [0.25, 0.3) is 0 Å². The second-order valence-electron chi connectivity index (χ2n) is 4.39. The molecule has 0 N–H and O–H groups in total. The van der Waals surface area contributed by atoms with Gasteiger partial charge in [0.25, 0.3) is 0 Å². The fourth-order valence-corrected chi connectivity index (χ4v) is 2.32. The maximum Gasteiger partial charge on any atom is 0.231 e. The summed E-state index contributed by atoms with van der Waals surface area (Å²) in [6.07, 6.45) is 1.79. The third-order valence-electron chi connectivity index (χ3n) is 3.11. The summed E-state index contributed by atoms with van der Waals surface area (Å²) >= 11 is 3.39. The summed E-state index contributed by atoms with van der Waals surface area (Å²) in [6, 6.07) is 7.92. The number of hydrogen-bond acceptors (Lipinski definition) is 4. The number of anilines is 2. The molecule has 19 heavy (non-hydrogen) atoms. The number of pyridine rings is 1. The topological polar surface area (TPSA) is 34.6 Å². The number of aryl methyl sites for hydroxylation is 1. The van der Waals surface area contributed by atoms with Crippen molar-refractivity contribution < 1.29 is 9.47 Å². The Hall–Kier alpha value is -1.75. The van der Waals surface area contributed by atoms with Crippen LogP contribution in [0.15, 0.2) is 34.9 Å². The number of benzene rings is 1. The van der Waals surface area contributed by atoms with E-state index in [1.807, 2.05) is 43.1 Å². The van der Waals surface area contributed by atoms with Crippen LogP contribution in [0.1, 0.15) is 5.56 Å². The van der Waals surface area contributed by atoms with E-state index in [1.54, 1.807) is 6.20 Å². The maximum absolute atomic E-state index is 5.42. The lowest BCUT2D eigenvalue weighted by atomic mass is 10.1. The zero-order valence-electron chi connectivity index (χ0n) is 10.7. The molecule has 0 bridgehead atoms. The van der Waals surface area contributed by atoms with Gasteiger partial charge >= 0.3 is 0 Å². The van der Waals surface area contributed by atoms with Gasteiger partial charge in [-0.15, -0.1) is 0 Å². The second kappa shape index (κ2) is 4.74. The molecule has 0 amide bonds. The summed E-state index contributed by atoms with van der Waals surface area (Å²) in [4.78, 5) is 6.43. The Labute approximate surface area is 120 Å². The zero-order valence-corrected chi connectivity index (χ0v) is 12.3. The van der Waals surface area contributed by atoms with Crippen molar-refractivity contribution in [1.82, 2.24) is 4.98 Å². The Morgan fingerprint density at radius 1 is 1.21 bits per heavy atom. The minimum absolute atomic E-state index is 0.290. The summed E-state index contributed by atoms with van der Waals surface area (Å²) in [5.74, 6) is 2.47. The predicted molar refractivity (Wildman–Crippen MR) is 77.3 cm³/mol. The molecule has 0 atom stereocenters. The molecule has 1 aromatic carbocycles. The van der Waals surface area contributed by atoms with Crippen LogP contribution in [0.3, 0.4) is 0 Å². The fraction of sp³-hybridized carbons (Fsp3) is 0.214. The Bertz CT molecular complexity index is 614. The van der Waals surface area contributed by atoms with E-state index < -0.39 is 0 Å². The summed E-state index contributed by atoms with van der Waals surface area (Å²) in [6.45, 7) is 2.34. The number of aromatic nitrogens is 1. The van der Waals surface area contributed by atoms with E-state index >= 15 is 0 Å². The lowest BCUT2D eigenvalue weighted by molar-refractivity contribution is 0.174. The molecule has 2 aromatic rings. The average molecular weight is 321 g/mol. The average Bonchev–Trinajstić information content (AvgIpc) is 2.85. The first-order valence-electron chi connectivity index (χ1n) is 5.90. The van der Waals surface area contributed by atoms with Crippen LogP contribution in [-0.4, -0.2) is 18.8 Å². The van der Waals surface area contributed by atoms with Gasteiger partial charge in [-0.05, 0) is 46.6 Å². The maximum atomic E-state index is 5.42. The van der Waals surface area contributed by atoms with E-state index in [1.165, 1.54) is 0 Å². The summed E-state index contributed by atoms with van der Waals surface area (Å²) in [5.41, 5.74) is 2.18. The van der Waals surface area contributed by atoms with E-state index in [0.717, 1.165) is 33.0 Å². The monoisotopic (exact) mass is 320 g/mol. The molecule has 4 nitrogen and oxygen atoms in total. The van der Waals surface area contributed by atoms with Crippen molar-refractivity contribution in [3.63, 3.8) is 0 Å². The van der Waals surface area contributed by atoms with Crippen molar-refractivity contribution in [2.75, 3.05) is 18.7 Å². The van der Waals surface area contributed by atoms with E-state index in [2.05, 4.69) is 20.9 Å². The molecule has 0 saturated heterocycles. The Morgan fingerprint density at radius 3 is 2.63 bits per heavy atom. The molecule has 2 heterocycles. The van der Waals surface area contributed by atoms with Gasteiger partial charge in [0.15, 0.2) is 11.5 Å². The number of halogens is 1. The van der Waals surface area contributed by atoms with Crippen LogP contribution < -0.4 is 14.4 Å². The van der Waals surface area contributed by atoms with Crippen LogP contribution in [0.5, 0.6) is 11.5 Å². The molecule has 0 radical (unpaired) electrons. The molecule has 1 aliphatic rings. The third-order valence-corrected chi connectivity index (χ3v) is 3.58. The molecular weight excluding hydrogens is 308 g/mol. The number of hydrogen-bond donors (Lipinski definition) is 0. The van der Waals surface area contributed by atoms with E-state index in [0.29, 0.717) is 6.79 Å². The van der Waals surface area contributed by atoms with Crippen molar-refractivity contribution in [2.24, 2.45) is 0 Å². The van der Waals surface area contributed by atoms with Crippen LogP contribution >= 0.6 is 15.9 Å². The van der Waals surface area contributed by atoms with Crippen LogP contribution in [-0.2, 0) is 0 Å². The molecule has 0 unspecified atom stereocenters. The van der Waals surface area contributed by atoms with Gasteiger partial charge in [0, 0.05) is 29.5 Å². The first-order chi connectivity index (χ1) is 9.15. The van der Waals surface area contributed by atoms with Gasteiger partial charge in [0.1, 0.15) is 5.82 Å². The highest BCUT2D eigenvalue weighted by atomic mass is 79.9. The van der Waals surface area contributed by atoms with Gasteiger partial charge in [-0.25, -0.2) is 4.98 Å². The summed E-state index contributed by atoms with van der Waals surface area (Å²) < 4.78 is 11.8. The first-order valence-corrected chi connectivity index (χ1v) is 6.70. The summed E-state index contributed by atoms with van der Waals surface area (Å²) in [7, 11) is 1.99. The lowest BCUT2D eigenvalue weighted by Gasteiger charge is -2.20. The highest BCUT2D eigenvalue weighted by Crippen LogP contribution is 2.39. The predicted octanol–water partition coefficient (Wildman–Crippen LogP) is 3.65. The molecule has 0 saturated carbocycles. The number of rotatable bonds is 2. The quantitative estimate of drug-likeness (QED) is 0.846. The normalized spacial score (nSPS) is 12.6. The highest BCUT2D eigenvalue weighted by molar-refractivity contribution is 9.10. The Morgan fingerprint density at radius 2 is 1.95 bits per heavy atom. The molecule has 5 heteroatoms. The van der Waals surface area contributed by atoms with Gasteiger partial charge < -0.3 is 14.4 Å². The molecule has 98 valence electrons. The van der Waals surface area contributed by atoms with E-state index in [-0.39, 0.29) is 0 Å². The lowest BCUT2D eigenvalue weighted by Crippen LogP contribution is -2.12. The number of nitrogens with zero attached hydrogens (tertiary/aromatic N) is 2. The molecule has 0 aliphatic carbocycles. The standard InChI is InChI=1S/C14H13BrN2O2/c1-9-5-12-13(19-8-18-12)6-11(9)17(2)14-4-3-10(15)7-16-14/h3-7H,8H2,1-2H3. The second-order valence-corrected chi connectivity index (χ2v) is 5.30. The Kier molecular flexibility index (Phi) is 3.06. The highest BCUT2D eigenvalue weighted by Gasteiger charge is 2.18. The van der Waals surface area contributed by atoms with Gasteiger partial charge in [0.2, 0.25) is 6.79 Å². The molecule has 0 fully saturated rings. The molecule has 1 aromatic heterocycles. The minimum atomic E-state index is 0.290. The smallest absolute Gasteiger partial charge is 0.231 e.